The maximum atomic E-state index is 4.43. The lowest BCUT2D eigenvalue weighted by atomic mass is 10.1. The molecule has 0 aromatic heterocycles. The summed E-state index contributed by atoms with van der Waals surface area (Å²) < 4.78 is 0. The number of para-hydroxylation sites is 1. The predicted molar refractivity (Wildman–Crippen MR) is 64.0 cm³/mol. The second-order valence-electron chi connectivity index (χ2n) is 3.88. The summed E-state index contributed by atoms with van der Waals surface area (Å²) in [7, 11) is 2.10. The van der Waals surface area contributed by atoms with Gasteiger partial charge >= 0.3 is 0 Å². The van der Waals surface area contributed by atoms with E-state index in [2.05, 4.69) is 22.5 Å². The molecule has 1 fully saturated rings. The topological polar surface area (TPSA) is 27.6 Å². The van der Waals surface area contributed by atoms with Gasteiger partial charge in [0.25, 0.3) is 0 Å². The Hall–Kier alpha value is -1.51. The summed E-state index contributed by atoms with van der Waals surface area (Å²) in [5.74, 6) is 1.16. The highest BCUT2D eigenvalue weighted by molar-refractivity contribution is 5.83. The standard InChI is InChI=1S/C12H17N3/c1-15-10-6-5-9-12(15)14-13-11-7-3-2-4-8-11/h2-4,7-8,13H,5-6,9-10H2,1H3. The predicted octanol–water partition coefficient (Wildman–Crippen LogP) is 2.53. The number of rotatable bonds is 2. The molecule has 2 rings (SSSR count). The molecule has 0 radical (unpaired) electrons. The highest BCUT2D eigenvalue weighted by Gasteiger charge is 2.11. The van der Waals surface area contributed by atoms with Crippen molar-refractivity contribution in [3.8, 4) is 0 Å². The van der Waals surface area contributed by atoms with Gasteiger partial charge in [0.15, 0.2) is 0 Å². The Bertz CT molecular complexity index is 332. The lowest BCUT2D eigenvalue weighted by Gasteiger charge is -2.25. The van der Waals surface area contributed by atoms with E-state index in [1.807, 2.05) is 30.3 Å². The number of nitrogens with zero attached hydrogens (tertiary/aromatic N) is 2. The minimum Gasteiger partial charge on any atom is -0.362 e. The monoisotopic (exact) mass is 203 g/mol. The van der Waals surface area contributed by atoms with Gasteiger partial charge in [-0.2, -0.15) is 5.10 Å². The quantitative estimate of drug-likeness (QED) is 0.748. The van der Waals surface area contributed by atoms with Crippen LogP contribution in [0.5, 0.6) is 0 Å². The van der Waals surface area contributed by atoms with Crippen molar-refractivity contribution in [2.24, 2.45) is 5.10 Å². The van der Waals surface area contributed by atoms with Crippen LogP contribution < -0.4 is 5.43 Å². The summed E-state index contributed by atoms with van der Waals surface area (Å²) in [4.78, 5) is 2.22. The molecule has 1 N–H and O–H groups in total. The van der Waals surface area contributed by atoms with Gasteiger partial charge in [-0.15, -0.1) is 0 Å². The van der Waals surface area contributed by atoms with E-state index in [-0.39, 0.29) is 0 Å². The number of anilines is 1. The summed E-state index contributed by atoms with van der Waals surface area (Å²) in [5, 5.41) is 4.43. The van der Waals surface area contributed by atoms with Crippen molar-refractivity contribution in [2.45, 2.75) is 19.3 Å². The van der Waals surface area contributed by atoms with E-state index in [1.165, 1.54) is 12.8 Å². The summed E-state index contributed by atoms with van der Waals surface area (Å²) in [6.45, 7) is 1.12. The van der Waals surface area contributed by atoms with Crippen molar-refractivity contribution in [3.05, 3.63) is 30.3 Å². The molecule has 3 nitrogen and oxygen atoms in total. The van der Waals surface area contributed by atoms with Crippen LogP contribution in [0.2, 0.25) is 0 Å². The van der Waals surface area contributed by atoms with Gasteiger partial charge in [0, 0.05) is 20.0 Å². The first-order chi connectivity index (χ1) is 7.36. The van der Waals surface area contributed by atoms with Gasteiger partial charge in [-0.25, -0.2) is 0 Å². The third-order valence-corrected chi connectivity index (χ3v) is 2.67. The molecule has 80 valence electrons. The maximum Gasteiger partial charge on any atom is 0.124 e. The van der Waals surface area contributed by atoms with Gasteiger partial charge in [0.1, 0.15) is 5.84 Å². The Kier molecular flexibility index (Phi) is 3.22. The van der Waals surface area contributed by atoms with Gasteiger partial charge in [0.2, 0.25) is 0 Å². The Labute approximate surface area is 90.8 Å². The van der Waals surface area contributed by atoms with E-state index in [1.54, 1.807) is 0 Å². The van der Waals surface area contributed by atoms with Crippen LogP contribution in [0.15, 0.2) is 35.4 Å². The van der Waals surface area contributed by atoms with Gasteiger partial charge in [-0.3, -0.25) is 5.43 Å². The molecular formula is C12H17N3. The van der Waals surface area contributed by atoms with Gasteiger partial charge in [0.05, 0.1) is 5.69 Å². The van der Waals surface area contributed by atoms with E-state index in [0.717, 1.165) is 24.5 Å². The molecule has 0 saturated carbocycles. The van der Waals surface area contributed by atoms with Crippen LogP contribution in [0, 0.1) is 0 Å². The highest BCUT2D eigenvalue weighted by Crippen LogP contribution is 2.11. The van der Waals surface area contributed by atoms with Gasteiger partial charge < -0.3 is 4.90 Å². The van der Waals surface area contributed by atoms with Crippen LogP contribution >= 0.6 is 0 Å². The van der Waals surface area contributed by atoms with E-state index in [0.29, 0.717) is 0 Å². The average molecular weight is 203 g/mol. The lowest BCUT2D eigenvalue weighted by molar-refractivity contribution is 0.433. The second kappa shape index (κ2) is 4.82. The van der Waals surface area contributed by atoms with Crippen molar-refractivity contribution in [3.63, 3.8) is 0 Å². The number of piperidine rings is 1. The molecule has 1 heterocycles. The summed E-state index contributed by atoms with van der Waals surface area (Å²) in [5.41, 5.74) is 4.14. The largest absolute Gasteiger partial charge is 0.362 e. The van der Waals surface area contributed by atoms with E-state index >= 15 is 0 Å². The lowest BCUT2D eigenvalue weighted by Crippen LogP contribution is -2.32. The Morgan fingerprint density at radius 2 is 2.00 bits per heavy atom. The van der Waals surface area contributed by atoms with E-state index < -0.39 is 0 Å². The zero-order valence-electron chi connectivity index (χ0n) is 9.11. The fourth-order valence-electron chi connectivity index (χ4n) is 1.74. The number of hydrogen-bond donors (Lipinski definition) is 1. The number of hydrogen-bond acceptors (Lipinski definition) is 2. The SMILES string of the molecule is CN1CCCCC1=NNc1ccccc1. The summed E-state index contributed by atoms with van der Waals surface area (Å²) in [6.07, 6.45) is 3.61. The van der Waals surface area contributed by atoms with Crippen LogP contribution in [0.1, 0.15) is 19.3 Å². The van der Waals surface area contributed by atoms with Crippen LogP contribution in [-0.4, -0.2) is 24.3 Å². The molecule has 0 bridgehead atoms. The van der Waals surface area contributed by atoms with Crippen LogP contribution in [-0.2, 0) is 0 Å². The molecule has 1 aliphatic heterocycles. The number of likely N-dealkylation sites (tertiary alicyclic amines) is 1. The van der Waals surface area contributed by atoms with Crippen molar-refractivity contribution in [1.82, 2.24) is 4.90 Å². The zero-order chi connectivity index (χ0) is 10.5. The van der Waals surface area contributed by atoms with Crippen molar-refractivity contribution < 1.29 is 0 Å². The third kappa shape index (κ3) is 2.72. The van der Waals surface area contributed by atoms with Gasteiger partial charge in [-0.1, -0.05) is 18.2 Å². The second-order valence-corrected chi connectivity index (χ2v) is 3.88. The van der Waals surface area contributed by atoms with Crippen LogP contribution in [0.4, 0.5) is 5.69 Å². The normalized spacial score (nSPS) is 19.3. The molecule has 1 aromatic rings. The molecule has 3 heteroatoms. The molecule has 0 spiro atoms. The first kappa shape index (κ1) is 10.0. The molecule has 0 unspecified atom stereocenters. The molecule has 0 aliphatic carbocycles. The number of benzene rings is 1. The zero-order valence-corrected chi connectivity index (χ0v) is 9.11. The van der Waals surface area contributed by atoms with Crippen molar-refractivity contribution in [2.75, 3.05) is 19.0 Å². The first-order valence-corrected chi connectivity index (χ1v) is 5.45. The minimum absolute atomic E-state index is 1.05. The highest BCUT2D eigenvalue weighted by atomic mass is 15.3. The Morgan fingerprint density at radius 1 is 1.20 bits per heavy atom. The Morgan fingerprint density at radius 3 is 2.73 bits per heavy atom. The molecule has 15 heavy (non-hydrogen) atoms. The Balaban J connectivity index is 1.98. The summed E-state index contributed by atoms with van der Waals surface area (Å²) in [6, 6.07) is 10.1. The number of amidine groups is 1. The van der Waals surface area contributed by atoms with Gasteiger partial charge in [-0.05, 0) is 25.0 Å². The molecule has 0 amide bonds. The molecule has 1 saturated heterocycles. The molecular weight excluding hydrogens is 186 g/mol. The molecule has 0 atom stereocenters. The average Bonchev–Trinajstić information content (AvgIpc) is 2.29. The van der Waals surface area contributed by atoms with Crippen molar-refractivity contribution in [1.29, 1.82) is 0 Å². The third-order valence-electron chi connectivity index (χ3n) is 2.67. The van der Waals surface area contributed by atoms with Crippen LogP contribution in [0.3, 0.4) is 0 Å². The fourth-order valence-corrected chi connectivity index (χ4v) is 1.74. The van der Waals surface area contributed by atoms with E-state index in [4.69, 9.17) is 0 Å². The van der Waals surface area contributed by atoms with E-state index in [9.17, 15) is 0 Å². The van der Waals surface area contributed by atoms with Crippen molar-refractivity contribution >= 4 is 11.5 Å². The number of hydrazone groups is 1. The molecule has 1 aromatic carbocycles. The van der Waals surface area contributed by atoms with Crippen LogP contribution in [0.25, 0.3) is 0 Å². The molecule has 1 aliphatic rings. The fraction of sp³-hybridized carbons (Fsp3) is 0.417. The maximum absolute atomic E-state index is 4.43. The smallest absolute Gasteiger partial charge is 0.124 e. The number of nitrogens with one attached hydrogen (secondary N) is 1. The minimum atomic E-state index is 1.05. The first-order valence-electron chi connectivity index (χ1n) is 5.45. The summed E-state index contributed by atoms with van der Waals surface area (Å²) >= 11 is 0.